The van der Waals surface area contributed by atoms with E-state index in [0.29, 0.717) is 0 Å². The molecule has 0 unspecified atom stereocenters. The summed E-state index contributed by atoms with van der Waals surface area (Å²) in [6, 6.07) is 17.3. The Morgan fingerprint density at radius 3 is 2.00 bits per heavy atom. The number of aliphatic carboxylic acids is 1. The molecule has 0 aromatic heterocycles. The van der Waals surface area contributed by atoms with Gasteiger partial charge >= 0.3 is 12.1 Å². The second kappa shape index (κ2) is 9.44. The van der Waals surface area contributed by atoms with Gasteiger partial charge in [-0.2, -0.15) is 0 Å². The normalized spacial score (nSPS) is 12.8. The van der Waals surface area contributed by atoms with Gasteiger partial charge in [-0.1, -0.05) is 60.7 Å². The van der Waals surface area contributed by atoms with E-state index in [1.54, 1.807) is 6.92 Å². The molecular formula is C19H21NO5. The molecule has 0 aliphatic carbocycles. The molecule has 0 saturated heterocycles. The lowest BCUT2D eigenvalue weighted by atomic mass is 10.2. The van der Waals surface area contributed by atoms with E-state index in [0.717, 1.165) is 11.1 Å². The molecule has 1 amide bonds. The molecule has 0 aliphatic rings. The molecule has 6 heteroatoms. The zero-order valence-corrected chi connectivity index (χ0v) is 13.9. The lowest BCUT2D eigenvalue weighted by molar-refractivity contribution is -0.143. The second-order valence-electron chi connectivity index (χ2n) is 5.52. The molecule has 0 spiro atoms. The van der Waals surface area contributed by atoms with Crippen LogP contribution in [0.25, 0.3) is 0 Å². The summed E-state index contributed by atoms with van der Waals surface area (Å²) in [7, 11) is 0. The highest BCUT2D eigenvalue weighted by molar-refractivity contribution is 5.80. The quantitative estimate of drug-likeness (QED) is 0.770. The van der Waals surface area contributed by atoms with E-state index < -0.39 is 24.2 Å². The average Bonchev–Trinajstić information content (AvgIpc) is 2.64. The van der Waals surface area contributed by atoms with Crippen molar-refractivity contribution in [3.05, 3.63) is 71.8 Å². The summed E-state index contributed by atoms with van der Waals surface area (Å²) < 4.78 is 10.6. The fraction of sp³-hybridized carbons (Fsp3) is 0.263. The van der Waals surface area contributed by atoms with Gasteiger partial charge in [0.05, 0.1) is 12.7 Å². The first-order chi connectivity index (χ1) is 12.1. The highest BCUT2D eigenvalue weighted by Gasteiger charge is 2.28. The minimum atomic E-state index is -1.20. The van der Waals surface area contributed by atoms with Crippen molar-refractivity contribution in [2.75, 3.05) is 0 Å². The Labute approximate surface area is 146 Å². The number of carboxylic acid groups (broad SMARTS) is 1. The highest BCUT2D eigenvalue weighted by Crippen LogP contribution is 2.07. The Kier molecular flexibility index (Phi) is 6.98. The lowest BCUT2D eigenvalue weighted by Gasteiger charge is -2.21. The van der Waals surface area contributed by atoms with E-state index in [4.69, 9.17) is 9.47 Å². The number of alkyl carbamates (subject to hydrolysis) is 1. The van der Waals surface area contributed by atoms with Crippen LogP contribution in [0.2, 0.25) is 0 Å². The predicted octanol–water partition coefficient (Wildman–Crippen LogP) is 2.97. The van der Waals surface area contributed by atoms with Gasteiger partial charge in [0, 0.05) is 0 Å². The largest absolute Gasteiger partial charge is 0.480 e. The third kappa shape index (κ3) is 6.27. The smallest absolute Gasteiger partial charge is 0.408 e. The van der Waals surface area contributed by atoms with Gasteiger partial charge in [0.2, 0.25) is 0 Å². The van der Waals surface area contributed by atoms with E-state index in [-0.39, 0.29) is 13.2 Å². The van der Waals surface area contributed by atoms with Crippen molar-refractivity contribution in [3.63, 3.8) is 0 Å². The molecule has 2 aromatic carbocycles. The first-order valence-electron chi connectivity index (χ1n) is 7.92. The molecule has 0 saturated carbocycles. The number of amides is 1. The number of carbonyl (C=O) groups is 2. The van der Waals surface area contributed by atoms with Crippen LogP contribution in [0, 0.1) is 0 Å². The molecular weight excluding hydrogens is 322 g/mol. The fourth-order valence-corrected chi connectivity index (χ4v) is 2.17. The number of carbonyl (C=O) groups excluding carboxylic acids is 1. The first-order valence-corrected chi connectivity index (χ1v) is 7.92. The molecule has 0 aliphatic heterocycles. The lowest BCUT2D eigenvalue weighted by Crippen LogP contribution is -2.48. The van der Waals surface area contributed by atoms with Crippen molar-refractivity contribution in [3.8, 4) is 0 Å². The SMILES string of the molecule is C[C@H](OCc1ccccc1)[C@H](NC(=O)OCc1ccccc1)C(=O)O. The zero-order chi connectivity index (χ0) is 18.1. The molecule has 0 fully saturated rings. The van der Waals surface area contributed by atoms with Crippen molar-refractivity contribution in [2.45, 2.75) is 32.3 Å². The number of nitrogens with one attached hydrogen (secondary N) is 1. The Balaban J connectivity index is 1.84. The number of carboxylic acids is 1. The molecule has 0 heterocycles. The standard InChI is InChI=1S/C19H21NO5/c1-14(24-12-15-8-4-2-5-9-15)17(18(21)22)20-19(23)25-13-16-10-6-3-7-11-16/h2-11,14,17H,12-13H2,1H3,(H,20,23)(H,21,22)/t14-,17-/m0/s1. The Morgan fingerprint density at radius 1 is 0.960 bits per heavy atom. The van der Waals surface area contributed by atoms with Crippen LogP contribution in [-0.2, 0) is 27.5 Å². The van der Waals surface area contributed by atoms with Crippen LogP contribution in [0.3, 0.4) is 0 Å². The van der Waals surface area contributed by atoms with Crippen molar-refractivity contribution in [2.24, 2.45) is 0 Å². The van der Waals surface area contributed by atoms with Crippen molar-refractivity contribution in [1.82, 2.24) is 5.32 Å². The minimum absolute atomic E-state index is 0.0677. The van der Waals surface area contributed by atoms with E-state index >= 15 is 0 Å². The van der Waals surface area contributed by atoms with E-state index in [1.165, 1.54) is 0 Å². The van der Waals surface area contributed by atoms with Gasteiger partial charge in [0.15, 0.2) is 6.04 Å². The summed E-state index contributed by atoms with van der Waals surface area (Å²) in [6.45, 7) is 1.92. The summed E-state index contributed by atoms with van der Waals surface area (Å²) in [5, 5.41) is 11.7. The van der Waals surface area contributed by atoms with Crippen LogP contribution >= 0.6 is 0 Å². The van der Waals surface area contributed by atoms with Gasteiger partial charge in [-0.25, -0.2) is 9.59 Å². The topological polar surface area (TPSA) is 84.9 Å². The Morgan fingerprint density at radius 2 is 1.48 bits per heavy atom. The monoisotopic (exact) mass is 343 g/mol. The maximum absolute atomic E-state index is 11.9. The van der Waals surface area contributed by atoms with Gasteiger partial charge in [-0.05, 0) is 18.1 Å². The second-order valence-corrected chi connectivity index (χ2v) is 5.52. The van der Waals surface area contributed by atoms with Crippen molar-refractivity contribution in [1.29, 1.82) is 0 Å². The van der Waals surface area contributed by atoms with Crippen LogP contribution in [0.1, 0.15) is 18.1 Å². The van der Waals surface area contributed by atoms with Gasteiger partial charge in [0.1, 0.15) is 6.61 Å². The molecule has 25 heavy (non-hydrogen) atoms. The summed E-state index contributed by atoms with van der Waals surface area (Å²) >= 11 is 0. The predicted molar refractivity (Wildman–Crippen MR) is 91.9 cm³/mol. The minimum Gasteiger partial charge on any atom is -0.480 e. The molecule has 2 N–H and O–H groups in total. The van der Waals surface area contributed by atoms with Crippen LogP contribution in [0.15, 0.2) is 60.7 Å². The van der Waals surface area contributed by atoms with Crippen molar-refractivity contribution >= 4 is 12.1 Å². The summed E-state index contributed by atoms with van der Waals surface area (Å²) in [5.74, 6) is -1.18. The summed E-state index contributed by atoms with van der Waals surface area (Å²) in [5.41, 5.74) is 1.74. The van der Waals surface area contributed by atoms with Crippen LogP contribution in [0.5, 0.6) is 0 Å². The van der Waals surface area contributed by atoms with Gasteiger partial charge in [0.25, 0.3) is 0 Å². The molecule has 6 nitrogen and oxygen atoms in total. The molecule has 132 valence electrons. The average molecular weight is 343 g/mol. The maximum Gasteiger partial charge on any atom is 0.408 e. The number of ether oxygens (including phenoxy) is 2. The first kappa shape index (κ1) is 18.5. The molecule has 2 atom stereocenters. The maximum atomic E-state index is 11.9. The van der Waals surface area contributed by atoms with Crippen molar-refractivity contribution < 1.29 is 24.2 Å². The van der Waals surface area contributed by atoms with E-state index in [2.05, 4.69) is 5.32 Å². The Bertz CT molecular complexity index is 675. The fourth-order valence-electron chi connectivity index (χ4n) is 2.17. The summed E-state index contributed by atoms with van der Waals surface area (Å²) in [6.07, 6.45) is -1.52. The number of benzene rings is 2. The third-order valence-corrected chi connectivity index (χ3v) is 3.58. The van der Waals surface area contributed by atoms with Gasteiger partial charge in [-0.15, -0.1) is 0 Å². The van der Waals surface area contributed by atoms with Crippen LogP contribution in [0.4, 0.5) is 4.79 Å². The van der Waals surface area contributed by atoms with Gasteiger partial charge < -0.3 is 19.9 Å². The zero-order valence-electron chi connectivity index (χ0n) is 13.9. The molecule has 2 aromatic rings. The molecule has 0 radical (unpaired) electrons. The van der Waals surface area contributed by atoms with E-state index in [9.17, 15) is 14.7 Å². The Hall–Kier alpha value is -2.86. The van der Waals surface area contributed by atoms with Crippen LogP contribution in [-0.4, -0.2) is 29.3 Å². The number of hydrogen-bond donors (Lipinski definition) is 2. The number of rotatable bonds is 8. The van der Waals surface area contributed by atoms with Crippen LogP contribution < -0.4 is 5.32 Å². The number of hydrogen-bond acceptors (Lipinski definition) is 4. The summed E-state index contributed by atoms with van der Waals surface area (Å²) in [4.78, 5) is 23.3. The third-order valence-electron chi connectivity index (χ3n) is 3.58. The van der Waals surface area contributed by atoms with E-state index in [1.807, 2.05) is 60.7 Å². The highest BCUT2D eigenvalue weighted by atomic mass is 16.5. The molecule has 0 bridgehead atoms. The molecule has 2 rings (SSSR count). The van der Waals surface area contributed by atoms with Gasteiger partial charge in [-0.3, -0.25) is 0 Å².